The van der Waals surface area contributed by atoms with Crippen LogP contribution in [0.5, 0.6) is 5.75 Å². The SMILES string of the molecule is COc1ccc(Cl)cc1NC(=O)c1ccc(NC2=C(Cl)C(=O)N(c3cccc(Cl)c3)C2=O)cc1. The maximum atomic E-state index is 12.9. The van der Waals surface area contributed by atoms with Crippen molar-refractivity contribution < 1.29 is 19.1 Å². The van der Waals surface area contributed by atoms with Gasteiger partial charge in [-0.15, -0.1) is 0 Å². The Balaban J connectivity index is 1.49. The van der Waals surface area contributed by atoms with Crippen LogP contribution < -0.4 is 20.3 Å². The summed E-state index contributed by atoms with van der Waals surface area (Å²) >= 11 is 18.1. The molecule has 3 aromatic carbocycles. The lowest BCUT2D eigenvalue weighted by Gasteiger charge is -2.15. The van der Waals surface area contributed by atoms with Crippen LogP contribution in [0.3, 0.4) is 0 Å². The zero-order valence-corrected chi connectivity index (χ0v) is 19.8. The molecular weight excluding hydrogens is 501 g/mol. The summed E-state index contributed by atoms with van der Waals surface area (Å²) in [6, 6.07) is 17.5. The number of anilines is 3. The van der Waals surface area contributed by atoms with Gasteiger partial charge in [-0.3, -0.25) is 14.4 Å². The summed E-state index contributed by atoms with van der Waals surface area (Å²) in [4.78, 5) is 39.0. The van der Waals surface area contributed by atoms with E-state index in [1.165, 1.54) is 13.2 Å². The Morgan fingerprint density at radius 1 is 0.882 bits per heavy atom. The molecular formula is C24H16Cl3N3O4. The Morgan fingerprint density at radius 3 is 2.26 bits per heavy atom. The van der Waals surface area contributed by atoms with Gasteiger partial charge in [0.25, 0.3) is 17.7 Å². The molecule has 0 radical (unpaired) electrons. The molecule has 7 nitrogen and oxygen atoms in total. The molecule has 172 valence electrons. The number of benzene rings is 3. The topological polar surface area (TPSA) is 87.7 Å². The number of imide groups is 1. The minimum atomic E-state index is -0.664. The summed E-state index contributed by atoms with van der Waals surface area (Å²) in [5.41, 5.74) is 1.46. The van der Waals surface area contributed by atoms with Gasteiger partial charge in [-0.05, 0) is 60.7 Å². The number of carbonyl (C=O) groups excluding carboxylic acids is 3. The van der Waals surface area contributed by atoms with Gasteiger partial charge in [-0.1, -0.05) is 40.9 Å². The quantitative estimate of drug-likeness (QED) is 0.411. The normalized spacial score (nSPS) is 13.4. The molecule has 3 amide bonds. The third kappa shape index (κ3) is 4.72. The Labute approximate surface area is 209 Å². The van der Waals surface area contributed by atoms with Crippen molar-refractivity contribution in [3.63, 3.8) is 0 Å². The first-order valence-electron chi connectivity index (χ1n) is 9.84. The van der Waals surface area contributed by atoms with Crippen LogP contribution in [0, 0.1) is 0 Å². The number of nitrogens with zero attached hydrogens (tertiary/aromatic N) is 1. The lowest BCUT2D eigenvalue weighted by Crippen LogP contribution is -2.32. The smallest absolute Gasteiger partial charge is 0.283 e. The van der Waals surface area contributed by atoms with E-state index in [0.717, 1.165) is 4.90 Å². The van der Waals surface area contributed by atoms with Crippen LogP contribution in [0.25, 0.3) is 0 Å². The average Bonchev–Trinajstić information content (AvgIpc) is 3.02. The summed E-state index contributed by atoms with van der Waals surface area (Å²) in [6.45, 7) is 0. The molecule has 0 atom stereocenters. The van der Waals surface area contributed by atoms with Crippen LogP contribution in [-0.4, -0.2) is 24.8 Å². The number of nitrogens with one attached hydrogen (secondary N) is 2. The van der Waals surface area contributed by atoms with Crippen LogP contribution >= 0.6 is 34.8 Å². The molecule has 0 aromatic heterocycles. The van der Waals surface area contributed by atoms with Crippen LogP contribution in [0.1, 0.15) is 10.4 Å². The number of hydrogen-bond acceptors (Lipinski definition) is 5. The van der Waals surface area contributed by atoms with Crippen molar-refractivity contribution >= 4 is 69.6 Å². The Bertz CT molecular complexity index is 1340. The number of ether oxygens (including phenoxy) is 1. The minimum absolute atomic E-state index is 0.0764. The molecule has 0 saturated carbocycles. The second-order valence-corrected chi connectivity index (χ2v) is 8.37. The van der Waals surface area contributed by atoms with Crippen molar-refractivity contribution in [2.75, 3.05) is 22.6 Å². The summed E-state index contributed by atoms with van der Waals surface area (Å²) < 4.78 is 5.23. The van der Waals surface area contributed by atoms with E-state index in [2.05, 4.69) is 10.6 Å². The molecule has 0 spiro atoms. The predicted octanol–water partition coefficient (Wildman–Crippen LogP) is 5.69. The molecule has 0 fully saturated rings. The van der Waals surface area contributed by atoms with E-state index in [9.17, 15) is 14.4 Å². The van der Waals surface area contributed by atoms with E-state index >= 15 is 0 Å². The van der Waals surface area contributed by atoms with Gasteiger partial charge in [-0.25, -0.2) is 4.90 Å². The molecule has 3 aromatic rings. The van der Waals surface area contributed by atoms with Crippen molar-refractivity contribution in [3.8, 4) is 5.75 Å². The predicted molar refractivity (Wildman–Crippen MR) is 133 cm³/mol. The highest BCUT2D eigenvalue weighted by molar-refractivity contribution is 6.53. The van der Waals surface area contributed by atoms with Gasteiger partial charge in [0.15, 0.2) is 0 Å². The highest BCUT2D eigenvalue weighted by Gasteiger charge is 2.39. The highest BCUT2D eigenvalue weighted by atomic mass is 35.5. The molecule has 1 aliphatic heterocycles. The van der Waals surface area contributed by atoms with Gasteiger partial charge < -0.3 is 15.4 Å². The van der Waals surface area contributed by atoms with Gasteiger partial charge in [-0.2, -0.15) is 0 Å². The van der Waals surface area contributed by atoms with Crippen molar-refractivity contribution in [1.82, 2.24) is 0 Å². The Hall–Kier alpha value is -3.52. The zero-order valence-electron chi connectivity index (χ0n) is 17.6. The monoisotopic (exact) mass is 515 g/mol. The molecule has 0 saturated heterocycles. The van der Waals surface area contributed by atoms with Crippen molar-refractivity contribution in [1.29, 1.82) is 0 Å². The van der Waals surface area contributed by atoms with E-state index in [0.29, 0.717) is 38.4 Å². The standard InChI is InChI=1S/C24H16Cl3N3O4/c1-34-19-10-7-15(26)12-18(19)29-22(31)13-5-8-16(9-6-13)28-21-20(27)23(32)30(24(21)33)17-4-2-3-14(25)11-17/h2-12,28H,1H3,(H,29,31). The fraction of sp³-hybridized carbons (Fsp3) is 0.0417. The first kappa shape index (κ1) is 23.6. The van der Waals surface area contributed by atoms with E-state index in [1.807, 2.05) is 0 Å². The Kier molecular flexibility index (Phi) is 6.79. The van der Waals surface area contributed by atoms with Crippen molar-refractivity contribution in [2.24, 2.45) is 0 Å². The second-order valence-electron chi connectivity index (χ2n) is 7.12. The van der Waals surface area contributed by atoms with E-state index in [1.54, 1.807) is 60.7 Å². The number of carbonyl (C=O) groups is 3. The highest BCUT2D eigenvalue weighted by Crippen LogP contribution is 2.32. The zero-order chi connectivity index (χ0) is 24.4. The minimum Gasteiger partial charge on any atom is -0.495 e. The van der Waals surface area contributed by atoms with Crippen LogP contribution in [0.4, 0.5) is 17.1 Å². The fourth-order valence-electron chi connectivity index (χ4n) is 3.28. The van der Waals surface area contributed by atoms with Crippen LogP contribution in [-0.2, 0) is 9.59 Å². The largest absolute Gasteiger partial charge is 0.495 e. The van der Waals surface area contributed by atoms with E-state index in [-0.39, 0.29) is 16.6 Å². The second kappa shape index (κ2) is 9.77. The molecule has 10 heteroatoms. The number of methoxy groups -OCH3 is 1. The summed E-state index contributed by atoms with van der Waals surface area (Å²) in [7, 11) is 1.49. The Morgan fingerprint density at radius 2 is 1.59 bits per heavy atom. The first-order valence-corrected chi connectivity index (χ1v) is 11.0. The van der Waals surface area contributed by atoms with E-state index in [4.69, 9.17) is 39.5 Å². The third-order valence-electron chi connectivity index (χ3n) is 4.92. The molecule has 0 aliphatic carbocycles. The maximum absolute atomic E-state index is 12.9. The van der Waals surface area contributed by atoms with E-state index < -0.39 is 11.8 Å². The molecule has 2 N–H and O–H groups in total. The van der Waals surface area contributed by atoms with Gasteiger partial charge >= 0.3 is 0 Å². The average molecular weight is 517 g/mol. The van der Waals surface area contributed by atoms with Crippen LogP contribution in [0.2, 0.25) is 10.0 Å². The van der Waals surface area contributed by atoms with Crippen molar-refractivity contribution in [2.45, 2.75) is 0 Å². The van der Waals surface area contributed by atoms with Gasteiger partial charge in [0.1, 0.15) is 16.5 Å². The lowest BCUT2D eigenvalue weighted by molar-refractivity contribution is -0.120. The molecule has 34 heavy (non-hydrogen) atoms. The molecule has 4 rings (SSSR count). The van der Waals surface area contributed by atoms with Crippen molar-refractivity contribution in [3.05, 3.63) is 93.1 Å². The van der Waals surface area contributed by atoms with Crippen LogP contribution in [0.15, 0.2) is 77.5 Å². The fourth-order valence-corrected chi connectivity index (χ4v) is 3.85. The molecule has 1 heterocycles. The van der Waals surface area contributed by atoms with Gasteiger partial charge in [0, 0.05) is 21.3 Å². The summed E-state index contributed by atoms with van der Waals surface area (Å²) in [5.74, 6) is -1.20. The maximum Gasteiger partial charge on any atom is 0.283 e. The first-order chi connectivity index (χ1) is 16.3. The van der Waals surface area contributed by atoms with Gasteiger partial charge in [0.05, 0.1) is 18.5 Å². The molecule has 0 bridgehead atoms. The molecule has 0 unspecified atom stereocenters. The number of amides is 3. The number of hydrogen-bond donors (Lipinski definition) is 2. The third-order valence-corrected chi connectivity index (χ3v) is 5.74. The number of rotatable bonds is 6. The summed E-state index contributed by atoms with van der Waals surface area (Å²) in [5, 5.41) is 6.18. The molecule has 1 aliphatic rings. The van der Waals surface area contributed by atoms with Gasteiger partial charge in [0.2, 0.25) is 0 Å². The lowest BCUT2D eigenvalue weighted by atomic mass is 10.1. The number of halogens is 3. The summed E-state index contributed by atoms with van der Waals surface area (Å²) in [6.07, 6.45) is 0.